The molecule has 0 aliphatic carbocycles. The van der Waals surface area contributed by atoms with Crippen LogP contribution in [-0.2, 0) is 4.79 Å². The number of tetrazole rings is 1. The zero-order valence-electron chi connectivity index (χ0n) is 13.1. The van der Waals surface area contributed by atoms with Crippen LogP contribution in [-0.4, -0.2) is 32.2 Å². The van der Waals surface area contributed by atoms with Crippen molar-refractivity contribution in [3.05, 3.63) is 58.8 Å². The molecule has 0 saturated heterocycles. The third-order valence-electron chi connectivity index (χ3n) is 3.32. The number of nitrogens with one attached hydrogen (secondary N) is 1. The topological polar surface area (TPSA) is 81.9 Å². The van der Waals surface area contributed by atoms with E-state index in [1.807, 2.05) is 0 Å². The number of rotatable bonds is 5. The molecule has 0 aliphatic rings. The number of aromatic nitrogens is 4. The fourth-order valence-electron chi connectivity index (χ4n) is 2.04. The van der Waals surface area contributed by atoms with E-state index in [1.165, 1.54) is 11.0 Å². The first kappa shape index (κ1) is 17.2. The Balaban J connectivity index is 1.63. The lowest BCUT2D eigenvalue weighted by molar-refractivity contribution is -0.122. The van der Waals surface area contributed by atoms with Gasteiger partial charge in [0, 0.05) is 10.7 Å². The van der Waals surface area contributed by atoms with E-state index < -0.39 is 6.10 Å². The molecule has 25 heavy (non-hydrogen) atoms. The number of nitrogens with zero attached hydrogens (tertiary/aromatic N) is 4. The number of ether oxygens (including phenoxy) is 1. The first-order valence-electron chi connectivity index (χ1n) is 7.29. The summed E-state index contributed by atoms with van der Waals surface area (Å²) in [6.45, 7) is 1.63. The van der Waals surface area contributed by atoms with E-state index in [4.69, 9.17) is 27.9 Å². The van der Waals surface area contributed by atoms with Gasteiger partial charge in [0.05, 0.1) is 10.7 Å². The Morgan fingerprint density at radius 1 is 1.20 bits per heavy atom. The van der Waals surface area contributed by atoms with Crippen LogP contribution in [0.5, 0.6) is 5.75 Å². The van der Waals surface area contributed by atoms with E-state index >= 15 is 0 Å². The second kappa shape index (κ2) is 7.50. The summed E-state index contributed by atoms with van der Waals surface area (Å²) in [5, 5.41) is 14.6. The Hall–Kier alpha value is -2.64. The van der Waals surface area contributed by atoms with Gasteiger partial charge in [-0.1, -0.05) is 23.2 Å². The maximum Gasteiger partial charge on any atom is 0.265 e. The van der Waals surface area contributed by atoms with Crippen LogP contribution in [0.1, 0.15) is 6.92 Å². The van der Waals surface area contributed by atoms with Crippen molar-refractivity contribution in [3.63, 3.8) is 0 Å². The predicted octanol–water partition coefficient (Wildman–Crippen LogP) is 3.38. The van der Waals surface area contributed by atoms with Crippen LogP contribution in [0.15, 0.2) is 48.8 Å². The highest BCUT2D eigenvalue weighted by molar-refractivity contribution is 6.35. The number of benzene rings is 2. The molecule has 1 atom stereocenters. The van der Waals surface area contributed by atoms with Crippen LogP contribution >= 0.6 is 23.2 Å². The van der Waals surface area contributed by atoms with Crippen molar-refractivity contribution in [2.24, 2.45) is 0 Å². The fourth-order valence-corrected chi connectivity index (χ4v) is 2.49. The molecule has 1 N–H and O–H groups in total. The van der Waals surface area contributed by atoms with Gasteiger partial charge >= 0.3 is 0 Å². The summed E-state index contributed by atoms with van der Waals surface area (Å²) in [7, 11) is 0. The number of halogens is 2. The minimum Gasteiger partial charge on any atom is -0.479 e. The van der Waals surface area contributed by atoms with Crippen LogP contribution < -0.4 is 10.1 Å². The molecule has 1 aromatic heterocycles. The van der Waals surface area contributed by atoms with E-state index in [2.05, 4.69) is 20.8 Å². The molecular formula is C16H13Cl2N5O2. The van der Waals surface area contributed by atoms with Crippen molar-refractivity contribution in [1.29, 1.82) is 0 Å². The predicted molar refractivity (Wildman–Crippen MR) is 94.3 cm³/mol. The van der Waals surface area contributed by atoms with Crippen LogP contribution in [0, 0.1) is 0 Å². The SMILES string of the molecule is C[C@@H](Oc1ccc(Cl)cc1Cl)C(=O)Nc1ccc(-n2cnnn2)cc1. The maximum atomic E-state index is 12.3. The van der Waals surface area contributed by atoms with E-state index in [-0.39, 0.29) is 5.91 Å². The zero-order chi connectivity index (χ0) is 17.8. The van der Waals surface area contributed by atoms with Crippen LogP contribution in [0.2, 0.25) is 10.0 Å². The largest absolute Gasteiger partial charge is 0.479 e. The molecule has 0 bridgehead atoms. The molecular weight excluding hydrogens is 365 g/mol. The van der Waals surface area contributed by atoms with E-state index in [0.717, 1.165) is 5.69 Å². The van der Waals surface area contributed by atoms with Crippen molar-refractivity contribution < 1.29 is 9.53 Å². The molecule has 1 amide bonds. The van der Waals surface area contributed by atoms with Gasteiger partial charge in [0.2, 0.25) is 0 Å². The Labute approximate surface area is 153 Å². The Kier molecular flexibility index (Phi) is 5.16. The highest BCUT2D eigenvalue weighted by Crippen LogP contribution is 2.28. The summed E-state index contributed by atoms with van der Waals surface area (Å²) in [6.07, 6.45) is 0.747. The first-order chi connectivity index (χ1) is 12.0. The second-order valence-corrected chi connectivity index (χ2v) is 5.97. The smallest absolute Gasteiger partial charge is 0.265 e. The van der Waals surface area contributed by atoms with E-state index in [1.54, 1.807) is 49.4 Å². The van der Waals surface area contributed by atoms with Crippen molar-refractivity contribution >= 4 is 34.8 Å². The third kappa shape index (κ3) is 4.26. The second-order valence-electron chi connectivity index (χ2n) is 5.13. The molecule has 0 unspecified atom stereocenters. The summed E-state index contributed by atoms with van der Waals surface area (Å²) < 4.78 is 7.10. The lowest BCUT2D eigenvalue weighted by Crippen LogP contribution is -2.30. The molecule has 1 heterocycles. The summed E-state index contributed by atoms with van der Waals surface area (Å²) in [5.74, 6) is 0.0870. The number of hydrogen-bond donors (Lipinski definition) is 1. The minimum absolute atomic E-state index is 0.304. The first-order valence-corrected chi connectivity index (χ1v) is 8.04. The van der Waals surface area contributed by atoms with Crippen molar-refractivity contribution in [3.8, 4) is 11.4 Å². The Morgan fingerprint density at radius 2 is 1.96 bits per heavy atom. The van der Waals surface area contributed by atoms with E-state index in [0.29, 0.717) is 21.5 Å². The van der Waals surface area contributed by atoms with Gasteiger partial charge in [-0.15, -0.1) is 5.10 Å². The van der Waals surface area contributed by atoms with Crippen LogP contribution in [0.3, 0.4) is 0 Å². The van der Waals surface area contributed by atoms with E-state index in [9.17, 15) is 4.79 Å². The molecule has 0 spiro atoms. The average molecular weight is 378 g/mol. The Morgan fingerprint density at radius 3 is 2.60 bits per heavy atom. The molecule has 3 aromatic rings. The number of hydrogen-bond acceptors (Lipinski definition) is 5. The molecule has 3 rings (SSSR count). The maximum absolute atomic E-state index is 12.3. The quantitative estimate of drug-likeness (QED) is 0.736. The summed E-state index contributed by atoms with van der Waals surface area (Å²) in [4.78, 5) is 12.3. The zero-order valence-corrected chi connectivity index (χ0v) is 14.6. The van der Waals surface area contributed by atoms with Gasteiger partial charge in [0.15, 0.2) is 6.10 Å². The number of carbonyl (C=O) groups is 1. The molecule has 9 heteroatoms. The molecule has 0 radical (unpaired) electrons. The third-order valence-corrected chi connectivity index (χ3v) is 3.85. The van der Waals surface area contributed by atoms with Crippen LogP contribution in [0.4, 0.5) is 5.69 Å². The lowest BCUT2D eigenvalue weighted by Gasteiger charge is -2.16. The van der Waals surface area contributed by atoms with Gasteiger partial charge in [-0.2, -0.15) is 0 Å². The number of carbonyl (C=O) groups excluding carboxylic acids is 1. The highest BCUT2D eigenvalue weighted by Gasteiger charge is 2.16. The van der Waals surface area contributed by atoms with Gasteiger partial charge in [-0.25, -0.2) is 4.68 Å². The summed E-state index contributed by atoms with van der Waals surface area (Å²) in [6, 6.07) is 11.9. The van der Waals surface area contributed by atoms with Crippen molar-refractivity contribution in [1.82, 2.24) is 20.2 Å². The van der Waals surface area contributed by atoms with Crippen LogP contribution in [0.25, 0.3) is 5.69 Å². The van der Waals surface area contributed by atoms with Gasteiger partial charge in [-0.05, 0) is 59.8 Å². The standard InChI is InChI=1S/C16H13Cl2N5O2/c1-10(25-15-7-2-11(17)8-14(15)18)16(24)20-12-3-5-13(6-4-12)23-9-19-21-22-23/h2-10H,1H3,(H,20,24)/t10-/m1/s1. The molecule has 0 saturated carbocycles. The van der Waals surface area contributed by atoms with Gasteiger partial charge < -0.3 is 10.1 Å². The highest BCUT2D eigenvalue weighted by atomic mass is 35.5. The molecule has 7 nitrogen and oxygen atoms in total. The molecule has 128 valence electrons. The van der Waals surface area contributed by atoms with Gasteiger partial charge in [-0.3, -0.25) is 4.79 Å². The van der Waals surface area contributed by atoms with Gasteiger partial charge in [0.25, 0.3) is 5.91 Å². The van der Waals surface area contributed by atoms with Crippen molar-refractivity contribution in [2.45, 2.75) is 13.0 Å². The monoisotopic (exact) mass is 377 g/mol. The number of anilines is 1. The van der Waals surface area contributed by atoms with Crippen molar-refractivity contribution in [2.75, 3.05) is 5.32 Å². The molecule has 2 aromatic carbocycles. The normalized spacial score (nSPS) is 11.8. The fraction of sp³-hybridized carbons (Fsp3) is 0.125. The minimum atomic E-state index is -0.738. The summed E-state index contributed by atoms with van der Waals surface area (Å²) >= 11 is 11.9. The lowest BCUT2D eigenvalue weighted by atomic mass is 10.2. The molecule has 0 aliphatic heterocycles. The number of amides is 1. The summed E-state index contributed by atoms with van der Waals surface area (Å²) in [5.41, 5.74) is 1.40. The average Bonchev–Trinajstić information content (AvgIpc) is 3.12. The van der Waals surface area contributed by atoms with Gasteiger partial charge in [0.1, 0.15) is 12.1 Å². The molecule has 0 fully saturated rings. The Bertz CT molecular complexity index is 869.